The third kappa shape index (κ3) is 3.31. The highest BCUT2D eigenvalue weighted by Gasteiger charge is 2.31. The molecular formula is C19H23FN4O. The number of nitrogens with one attached hydrogen (secondary N) is 2. The van der Waals surface area contributed by atoms with Crippen LogP contribution in [0, 0.1) is 5.82 Å². The molecule has 2 saturated heterocycles. The molecule has 0 radical (unpaired) electrons. The standard InChI is InChI=1S/C19H23FN4O/c20-15-4-1-3-14(11-15)16-12-22-23-18(16)13-6-9-24(10-7-13)19(25)17-5-2-8-21-17/h1,3-4,11-13,17,21H,2,5-10H2,(H,22,23)/t17-/m0/s1. The zero-order valence-corrected chi connectivity index (χ0v) is 14.2. The van der Waals surface area contributed by atoms with E-state index in [0.29, 0.717) is 5.92 Å². The predicted molar refractivity (Wildman–Crippen MR) is 93.6 cm³/mol. The average Bonchev–Trinajstić information content (AvgIpc) is 3.33. The fourth-order valence-corrected chi connectivity index (χ4v) is 4.00. The van der Waals surface area contributed by atoms with Crippen LogP contribution in [0.15, 0.2) is 30.5 Å². The topological polar surface area (TPSA) is 61.0 Å². The first kappa shape index (κ1) is 16.3. The number of nitrogens with zero attached hydrogens (tertiary/aromatic N) is 2. The fraction of sp³-hybridized carbons (Fsp3) is 0.474. The maximum absolute atomic E-state index is 13.5. The van der Waals surface area contributed by atoms with E-state index < -0.39 is 0 Å². The van der Waals surface area contributed by atoms with Crippen LogP contribution in [0.2, 0.25) is 0 Å². The number of hydrogen-bond acceptors (Lipinski definition) is 3. The Hall–Kier alpha value is -2.21. The molecule has 4 rings (SSSR count). The van der Waals surface area contributed by atoms with Crippen LogP contribution in [0.4, 0.5) is 4.39 Å². The molecule has 2 aliphatic rings. The van der Waals surface area contributed by atoms with Gasteiger partial charge in [0, 0.05) is 30.3 Å². The number of piperidine rings is 1. The molecule has 3 heterocycles. The molecule has 0 spiro atoms. The molecule has 1 aromatic heterocycles. The largest absolute Gasteiger partial charge is 0.341 e. The highest BCUT2D eigenvalue weighted by Crippen LogP contribution is 2.34. The summed E-state index contributed by atoms with van der Waals surface area (Å²) in [6, 6.07) is 6.62. The van der Waals surface area contributed by atoms with Crippen molar-refractivity contribution in [3.63, 3.8) is 0 Å². The van der Waals surface area contributed by atoms with Gasteiger partial charge in [-0.25, -0.2) is 4.39 Å². The second-order valence-corrected chi connectivity index (χ2v) is 6.96. The summed E-state index contributed by atoms with van der Waals surface area (Å²) in [4.78, 5) is 14.5. The van der Waals surface area contributed by atoms with Gasteiger partial charge in [-0.15, -0.1) is 0 Å². The van der Waals surface area contributed by atoms with Crippen molar-refractivity contribution in [1.29, 1.82) is 0 Å². The van der Waals surface area contributed by atoms with E-state index in [1.165, 1.54) is 6.07 Å². The monoisotopic (exact) mass is 342 g/mol. The zero-order chi connectivity index (χ0) is 17.2. The maximum Gasteiger partial charge on any atom is 0.239 e. The Kier molecular flexibility index (Phi) is 4.53. The number of rotatable bonds is 3. The number of benzene rings is 1. The number of aromatic amines is 1. The van der Waals surface area contributed by atoms with Gasteiger partial charge in [0.15, 0.2) is 0 Å². The predicted octanol–water partition coefficient (Wildman–Crippen LogP) is 2.67. The molecule has 2 N–H and O–H groups in total. The van der Waals surface area contributed by atoms with Crippen molar-refractivity contribution >= 4 is 5.91 Å². The molecule has 2 fully saturated rings. The summed E-state index contributed by atoms with van der Waals surface area (Å²) >= 11 is 0. The van der Waals surface area contributed by atoms with Gasteiger partial charge >= 0.3 is 0 Å². The van der Waals surface area contributed by atoms with Gasteiger partial charge in [0.05, 0.1) is 12.2 Å². The summed E-state index contributed by atoms with van der Waals surface area (Å²) in [6.07, 6.45) is 5.61. The molecule has 1 atom stereocenters. The summed E-state index contributed by atoms with van der Waals surface area (Å²) < 4.78 is 13.5. The van der Waals surface area contributed by atoms with E-state index in [1.54, 1.807) is 18.3 Å². The quantitative estimate of drug-likeness (QED) is 0.901. The van der Waals surface area contributed by atoms with Crippen LogP contribution in [0.25, 0.3) is 11.1 Å². The van der Waals surface area contributed by atoms with Crippen molar-refractivity contribution in [3.05, 3.63) is 42.0 Å². The third-order valence-electron chi connectivity index (χ3n) is 5.38. The Morgan fingerprint density at radius 2 is 2.08 bits per heavy atom. The summed E-state index contributed by atoms with van der Waals surface area (Å²) in [7, 11) is 0. The number of carbonyl (C=O) groups excluding carboxylic acids is 1. The molecule has 2 aromatic rings. The average molecular weight is 342 g/mol. The number of halogens is 1. The van der Waals surface area contributed by atoms with Gasteiger partial charge in [-0.2, -0.15) is 5.10 Å². The Labute approximate surface area is 146 Å². The highest BCUT2D eigenvalue weighted by molar-refractivity contribution is 5.82. The van der Waals surface area contributed by atoms with E-state index in [0.717, 1.165) is 62.1 Å². The Bertz CT molecular complexity index is 745. The summed E-state index contributed by atoms with van der Waals surface area (Å²) in [5, 5.41) is 10.6. The van der Waals surface area contributed by atoms with Gasteiger partial charge in [0.25, 0.3) is 0 Å². The molecule has 6 heteroatoms. The normalized spacial score (nSPS) is 21.6. The maximum atomic E-state index is 13.5. The van der Waals surface area contributed by atoms with Crippen LogP contribution in [-0.2, 0) is 4.79 Å². The molecule has 1 aromatic carbocycles. The van der Waals surface area contributed by atoms with Crippen molar-refractivity contribution < 1.29 is 9.18 Å². The van der Waals surface area contributed by atoms with Crippen LogP contribution in [-0.4, -0.2) is 46.7 Å². The lowest BCUT2D eigenvalue weighted by Gasteiger charge is -2.33. The number of hydrogen-bond donors (Lipinski definition) is 2. The zero-order valence-electron chi connectivity index (χ0n) is 14.2. The van der Waals surface area contributed by atoms with E-state index in [9.17, 15) is 9.18 Å². The van der Waals surface area contributed by atoms with E-state index in [1.807, 2.05) is 11.0 Å². The lowest BCUT2D eigenvalue weighted by atomic mass is 9.89. The van der Waals surface area contributed by atoms with Crippen LogP contribution in [0.3, 0.4) is 0 Å². The van der Waals surface area contributed by atoms with E-state index in [2.05, 4.69) is 15.5 Å². The molecule has 1 amide bonds. The third-order valence-corrected chi connectivity index (χ3v) is 5.38. The van der Waals surface area contributed by atoms with Crippen LogP contribution in [0.1, 0.15) is 37.3 Å². The molecule has 0 aliphatic carbocycles. The molecule has 0 saturated carbocycles. The number of amides is 1. The van der Waals surface area contributed by atoms with Gasteiger partial charge in [-0.05, 0) is 49.9 Å². The Morgan fingerprint density at radius 3 is 2.80 bits per heavy atom. The Balaban J connectivity index is 1.45. The lowest BCUT2D eigenvalue weighted by Crippen LogP contribution is -2.46. The van der Waals surface area contributed by atoms with Crippen LogP contribution >= 0.6 is 0 Å². The van der Waals surface area contributed by atoms with Crippen molar-refractivity contribution in [2.45, 2.75) is 37.6 Å². The van der Waals surface area contributed by atoms with E-state index >= 15 is 0 Å². The van der Waals surface area contributed by atoms with Crippen LogP contribution in [0.5, 0.6) is 0 Å². The minimum atomic E-state index is -0.242. The van der Waals surface area contributed by atoms with Gasteiger partial charge in [0.2, 0.25) is 5.91 Å². The van der Waals surface area contributed by atoms with Gasteiger partial charge < -0.3 is 10.2 Å². The molecule has 5 nitrogen and oxygen atoms in total. The minimum absolute atomic E-state index is 0.00607. The molecule has 0 bridgehead atoms. The highest BCUT2D eigenvalue weighted by atomic mass is 19.1. The Morgan fingerprint density at radius 1 is 1.24 bits per heavy atom. The summed E-state index contributed by atoms with van der Waals surface area (Å²) in [5.74, 6) is 0.321. The van der Waals surface area contributed by atoms with Crippen molar-refractivity contribution in [1.82, 2.24) is 20.4 Å². The molecular weight excluding hydrogens is 319 g/mol. The van der Waals surface area contributed by atoms with Crippen molar-refractivity contribution in [2.75, 3.05) is 19.6 Å². The molecule has 132 valence electrons. The number of carbonyl (C=O) groups is 1. The van der Waals surface area contributed by atoms with Crippen molar-refractivity contribution in [2.24, 2.45) is 0 Å². The first-order valence-electron chi connectivity index (χ1n) is 9.04. The van der Waals surface area contributed by atoms with Gasteiger partial charge in [-0.3, -0.25) is 9.89 Å². The summed E-state index contributed by atoms with van der Waals surface area (Å²) in [5.41, 5.74) is 2.86. The SMILES string of the molecule is O=C([C@@H]1CCCN1)N1CCC(c2[nH]ncc2-c2cccc(F)c2)CC1. The lowest BCUT2D eigenvalue weighted by molar-refractivity contribution is -0.134. The molecule has 25 heavy (non-hydrogen) atoms. The molecule has 0 unspecified atom stereocenters. The first-order chi connectivity index (χ1) is 12.2. The molecule has 2 aliphatic heterocycles. The minimum Gasteiger partial charge on any atom is -0.341 e. The summed E-state index contributed by atoms with van der Waals surface area (Å²) in [6.45, 7) is 2.48. The van der Waals surface area contributed by atoms with Crippen molar-refractivity contribution in [3.8, 4) is 11.1 Å². The smallest absolute Gasteiger partial charge is 0.239 e. The second-order valence-electron chi connectivity index (χ2n) is 6.96. The number of likely N-dealkylation sites (tertiary alicyclic amines) is 1. The first-order valence-corrected chi connectivity index (χ1v) is 9.04. The van der Waals surface area contributed by atoms with Gasteiger partial charge in [0.1, 0.15) is 5.82 Å². The van der Waals surface area contributed by atoms with Crippen LogP contribution < -0.4 is 5.32 Å². The second kappa shape index (κ2) is 6.96. The van der Waals surface area contributed by atoms with E-state index in [-0.39, 0.29) is 17.8 Å². The fourth-order valence-electron chi connectivity index (χ4n) is 4.00. The van der Waals surface area contributed by atoms with Gasteiger partial charge in [-0.1, -0.05) is 12.1 Å². The van der Waals surface area contributed by atoms with E-state index in [4.69, 9.17) is 0 Å². The number of aromatic nitrogens is 2. The number of H-pyrrole nitrogens is 1.